The molecule has 0 aromatic rings. The largest absolute Gasteiger partial charge is 0.308 e. The highest BCUT2D eigenvalue weighted by Gasteiger charge is 2.46. The molecule has 1 N–H and O–H groups in total. The summed E-state index contributed by atoms with van der Waals surface area (Å²) in [7, 11) is 0. The highest BCUT2D eigenvalue weighted by Crippen LogP contribution is 2.50. The molecule has 5 atom stereocenters. The monoisotopic (exact) mass is 292 g/mol. The Morgan fingerprint density at radius 3 is 2.43 bits per heavy atom. The minimum absolute atomic E-state index is 0.373. The summed E-state index contributed by atoms with van der Waals surface area (Å²) in [4.78, 5) is 2.91. The molecule has 2 heteroatoms. The molecule has 5 unspecified atom stereocenters. The van der Waals surface area contributed by atoms with Crippen molar-refractivity contribution in [3.63, 3.8) is 0 Å². The first-order chi connectivity index (χ1) is 10.1. The normalized spacial score (nSPS) is 40.6. The Morgan fingerprint density at radius 1 is 1.14 bits per heavy atom. The first-order valence-corrected chi connectivity index (χ1v) is 9.63. The highest BCUT2D eigenvalue weighted by atomic mass is 15.3. The van der Waals surface area contributed by atoms with Crippen molar-refractivity contribution >= 4 is 0 Å². The van der Waals surface area contributed by atoms with Gasteiger partial charge in [0.1, 0.15) is 0 Å². The minimum Gasteiger partial charge on any atom is -0.308 e. The Kier molecular flexibility index (Phi) is 4.66. The molecule has 3 rings (SSSR count). The fraction of sp³-hybridized carbons (Fsp3) is 1.00. The molecule has 3 aliphatic rings. The predicted molar refractivity (Wildman–Crippen MR) is 90.5 cm³/mol. The number of nitrogens with one attached hydrogen (secondary N) is 1. The zero-order valence-corrected chi connectivity index (χ0v) is 14.7. The van der Waals surface area contributed by atoms with Crippen molar-refractivity contribution in [3.05, 3.63) is 0 Å². The van der Waals surface area contributed by atoms with Crippen LogP contribution in [0, 0.1) is 17.8 Å². The quantitative estimate of drug-likeness (QED) is 0.822. The number of hydrogen-bond acceptors (Lipinski definition) is 2. The molecule has 2 bridgehead atoms. The summed E-state index contributed by atoms with van der Waals surface area (Å²) in [5.41, 5.74) is 0.373. The van der Waals surface area contributed by atoms with Crippen molar-refractivity contribution in [2.24, 2.45) is 17.8 Å². The van der Waals surface area contributed by atoms with E-state index in [9.17, 15) is 0 Å². The van der Waals surface area contributed by atoms with Gasteiger partial charge in [0.15, 0.2) is 0 Å². The lowest BCUT2D eigenvalue weighted by molar-refractivity contribution is 0.00894. The van der Waals surface area contributed by atoms with Gasteiger partial charge in [0.2, 0.25) is 0 Å². The van der Waals surface area contributed by atoms with Gasteiger partial charge in [-0.05, 0) is 63.2 Å². The van der Waals surface area contributed by atoms with Crippen molar-refractivity contribution in [2.75, 3.05) is 13.1 Å². The van der Waals surface area contributed by atoms with Gasteiger partial charge in [-0.3, -0.25) is 4.90 Å². The van der Waals surface area contributed by atoms with E-state index in [1.807, 2.05) is 0 Å². The third-order valence-electron chi connectivity index (χ3n) is 7.43. The minimum atomic E-state index is 0.373. The Labute approximate surface area is 132 Å². The summed E-state index contributed by atoms with van der Waals surface area (Å²) in [6, 6.07) is 1.55. The van der Waals surface area contributed by atoms with Crippen molar-refractivity contribution in [2.45, 2.75) is 90.3 Å². The van der Waals surface area contributed by atoms with Gasteiger partial charge in [0.05, 0.1) is 0 Å². The summed E-state index contributed by atoms with van der Waals surface area (Å²) in [6.45, 7) is 12.1. The van der Waals surface area contributed by atoms with Crippen LogP contribution in [0.15, 0.2) is 0 Å². The number of nitrogens with zero attached hydrogens (tertiary/aromatic N) is 1. The zero-order chi connectivity index (χ0) is 15.0. The molecule has 2 nitrogen and oxygen atoms in total. The first-order valence-electron chi connectivity index (χ1n) is 9.63. The molecule has 122 valence electrons. The van der Waals surface area contributed by atoms with Crippen LogP contribution in [0.25, 0.3) is 0 Å². The summed E-state index contributed by atoms with van der Waals surface area (Å²) < 4.78 is 0. The van der Waals surface area contributed by atoms with E-state index in [0.29, 0.717) is 5.54 Å². The number of fused-ring (bicyclic) bond motifs is 2. The van der Waals surface area contributed by atoms with E-state index in [1.165, 1.54) is 51.6 Å². The molecule has 1 heterocycles. The van der Waals surface area contributed by atoms with Gasteiger partial charge in [-0.25, -0.2) is 0 Å². The van der Waals surface area contributed by atoms with Crippen LogP contribution in [0.5, 0.6) is 0 Å². The van der Waals surface area contributed by atoms with E-state index >= 15 is 0 Å². The van der Waals surface area contributed by atoms with Crippen LogP contribution in [0.3, 0.4) is 0 Å². The Balaban J connectivity index is 1.73. The molecule has 0 spiro atoms. The fourth-order valence-electron chi connectivity index (χ4n) is 5.70. The molecule has 0 aromatic carbocycles. The van der Waals surface area contributed by atoms with Gasteiger partial charge in [-0.2, -0.15) is 0 Å². The molecule has 21 heavy (non-hydrogen) atoms. The van der Waals surface area contributed by atoms with Gasteiger partial charge in [-0.1, -0.05) is 27.2 Å². The van der Waals surface area contributed by atoms with E-state index < -0.39 is 0 Å². The van der Waals surface area contributed by atoms with Crippen LogP contribution in [0.4, 0.5) is 0 Å². The molecular weight excluding hydrogens is 256 g/mol. The second kappa shape index (κ2) is 6.20. The third kappa shape index (κ3) is 2.79. The van der Waals surface area contributed by atoms with Crippen LogP contribution in [0.1, 0.15) is 72.6 Å². The van der Waals surface area contributed by atoms with E-state index in [1.54, 1.807) is 6.42 Å². The van der Waals surface area contributed by atoms with Crippen LogP contribution in [-0.2, 0) is 0 Å². The second-order valence-electron chi connectivity index (χ2n) is 8.18. The molecule has 0 aromatic heterocycles. The molecular formula is C19H36N2. The van der Waals surface area contributed by atoms with Crippen molar-refractivity contribution in [1.82, 2.24) is 10.2 Å². The zero-order valence-electron chi connectivity index (χ0n) is 14.7. The maximum atomic E-state index is 3.90. The van der Waals surface area contributed by atoms with Gasteiger partial charge in [0, 0.05) is 30.7 Å². The van der Waals surface area contributed by atoms with E-state index in [2.05, 4.69) is 37.9 Å². The van der Waals surface area contributed by atoms with Gasteiger partial charge in [-0.15, -0.1) is 0 Å². The highest BCUT2D eigenvalue weighted by molar-refractivity contribution is 5.01. The molecule has 0 radical (unpaired) electrons. The molecule has 1 aliphatic heterocycles. The standard InChI is InChI=1S/C19H36N2/c1-5-17-12-20-19(6-2,7-3)13-21(17)14(4)18-11-15-8-9-16(18)10-15/h14-18,20H,5-13H2,1-4H3. The van der Waals surface area contributed by atoms with Gasteiger partial charge >= 0.3 is 0 Å². The lowest BCUT2D eigenvalue weighted by Crippen LogP contribution is -2.66. The summed E-state index contributed by atoms with van der Waals surface area (Å²) in [6.07, 6.45) is 9.94. The van der Waals surface area contributed by atoms with Crippen molar-refractivity contribution < 1.29 is 0 Å². The maximum absolute atomic E-state index is 3.90. The van der Waals surface area contributed by atoms with E-state index in [-0.39, 0.29) is 0 Å². The van der Waals surface area contributed by atoms with Crippen molar-refractivity contribution in [3.8, 4) is 0 Å². The Morgan fingerprint density at radius 2 is 1.90 bits per heavy atom. The van der Waals surface area contributed by atoms with Crippen LogP contribution in [-0.4, -0.2) is 35.6 Å². The topological polar surface area (TPSA) is 15.3 Å². The average Bonchev–Trinajstić information content (AvgIpc) is 3.16. The molecule has 1 saturated heterocycles. The summed E-state index contributed by atoms with van der Waals surface area (Å²) >= 11 is 0. The third-order valence-corrected chi connectivity index (χ3v) is 7.43. The van der Waals surface area contributed by atoms with E-state index in [4.69, 9.17) is 0 Å². The average molecular weight is 293 g/mol. The van der Waals surface area contributed by atoms with Gasteiger partial charge in [0.25, 0.3) is 0 Å². The second-order valence-corrected chi connectivity index (χ2v) is 8.18. The van der Waals surface area contributed by atoms with Crippen molar-refractivity contribution in [1.29, 1.82) is 0 Å². The van der Waals surface area contributed by atoms with Crippen LogP contribution < -0.4 is 5.32 Å². The molecule has 0 amide bonds. The molecule has 2 aliphatic carbocycles. The smallest absolute Gasteiger partial charge is 0.0304 e. The summed E-state index contributed by atoms with van der Waals surface area (Å²) in [5.74, 6) is 3.12. The van der Waals surface area contributed by atoms with Crippen LogP contribution in [0.2, 0.25) is 0 Å². The van der Waals surface area contributed by atoms with Gasteiger partial charge < -0.3 is 5.32 Å². The predicted octanol–water partition coefficient (Wildman–Crippen LogP) is 4.05. The number of hydrogen-bond donors (Lipinski definition) is 1. The molecule has 3 fully saturated rings. The lowest BCUT2D eigenvalue weighted by Gasteiger charge is -2.51. The van der Waals surface area contributed by atoms with E-state index in [0.717, 1.165) is 29.8 Å². The fourth-order valence-corrected chi connectivity index (χ4v) is 5.70. The number of piperazine rings is 1. The SMILES string of the molecule is CCC1CNC(CC)(CC)CN1C(C)C1CC2CCC1C2. The molecule has 2 saturated carbocycles. The number of rotatable bonds is 5. The maximum Gasteiger partial charge on any atom is 0.0304 e. The lowest BCUT2D eigenvalue weighted by atomic mass is 9.80. The Hall–Kier alpha value is -0.0800. The summed E-state index contributed by atoms with van der Waals surface area (Å²) in [5, 5.41) is 3.90. The first kappa shape index (κ1) is 15.8. The van der Waals surface area contributed by atoms with Crippen LogP contribution >= 0.6 is 0 Å². The Bertz CT molecular complexity index is 349.